The zero-order chi connectivity index (χ0) is 14.8. The fraction of sp³-hybridized carbons (Fsp3) is 0.333. The molecule has 1 aromatic carbocycles. The summed E-state index contributed by atoms with van der Waals surface area (Å²) in [6.07, 6.45) is 2.42. The van der Waals surface area contributed by atoms with Crippen molar-refractivity contribution in [2.45, 2.75) is 29.7 Å². The Morgan fingerprint density at radius 1 is 1.14 bits per heavy atom. The summed E-state index contributed by atoms with van der Waals surface area (Å²) in [7, 11) is 0. The Kier molecular flexibility index (Phi) is 3.98. The molecule has 2 heterocycles. The van der Waals surface area contributed by atoms with Gasteiger partial charge in [-0.1, -0.05) is 22.8 Å². The van der Waals surface area contributed by atoms with Crippen LogP contribution in [-0.4, -0.2) is 35.0 Å². The van der Waals surface area contributed by atoms with Crippen molar-refractivity contribution >= 4 is 23.7 Å². The van der Waals surface area contributed by atoms with Gasteiger partial charge >= 0.3 is 11.9 Å². The lowest BCUT2D eigenvalue weighted by Crippen LogP contribution is -2.40. The molecular formula is C15H15NO4S. The highest BCUT2D eigenvalue weighted by Gasteiger charge is 2.40. The van der Waals surface area contributed by atoms with Gasteiger partial charge in [0.05, 0.1) is 5.25 Å². The third-order valence-electron chi connectivity index (χ3n) is 3.34. The summed E-state index contributed by atoms with van der Waals surface area (Å²) in [4.78, 5) is 29.3. The van der Waals surface area contributed by atoms with E-state index in [1.54, 1.807) is 11.8 Å². The summed E-state index contributed by atoms with van der Waals surface area (Å²) in [5.41, 5.74) is 1.20. The number of nitrogens with zero attached hydrogens (tertiary/aromatic N) is 1. The van der Waals surface area contributed by atoms with Gasteiger partial charge in [-0.25, -0.2) is 9.59 Å². The van der Waals surface area contributed by atoms with Crippen LogP contribution in [0, 0.1) is 6.92 Å². The number of carbonyl (C=O) groups excluding carboxylic acids is 2. The maximum Gasteiger partial charge on any atom is 0.350 e. The van der Waals surface area contributed by atoms with E-state index in [0.29, 0.717) is 6.54 Å². The first kappa shape index (κ1) is 14.2. The van der Waals surface area contributed by atoms with E-state index in [9.17, 15) is 9.59 Å². The van der Waals surface area contributed by atoms with Crippen LogP contribution in [0.5, 0.6) is 0 Å². The molecule has 2 atom stereocenters. The third kappa shape index (κ3) is 3.28. The molecule has 5 nitrogen and oxygen atoms in total. The third-order valence-corrected chi connectivity index (χ3v) is 4.66. The smallest absolute Gasteiger partial charge is 0.350 e. The number of benzene rings is 1. The minimum Gasteiger partial charge on any atom is -0.439 e. The van der Waals surface area contributed by atoms with Crippen LogP contribution in [0.2, 0.25) is 0 Å². The van der Waals surface area contributed by atoms with Crippen molar-refractivity contribution in [1.82, 2.24) is 5.06 Å². The highest BCUT2D eigenvalue weighted by Crippen LogP contribution is 2.35. The maximum atomic E-state index is 11.6. The second-order valence-corrected chi connectivity index (χ2v) is 6.28. The minimum absolute atomic E-state index is 0.0379. The molecule has 2 unspecified atom stereocenters. The van der Waals surface area contributed by atoms with Crippen molar-refractivity contribution in [3.63, 3.8) is 0 Å². The first-order chi connectivity index (χ1) is 10.1. The molecule has 0 bridgehead atoms. The van der Waals surface area contributed by atoms with Gasteiger partial charge < -0.3 is 9.57 Å². The van der Waals surface area contributed by atoms with Crippen molar-refractivity contribution < 1.29 is 19.2 Å². The molecule has 1 aromatic rings. The van der Waals surface area contributed by atoms with Crippen LogP contribution < -0.4 is 0 Å². The monoisotopic (exact) mass is 305 g/mol. The SMILES string of the molecule is Cc1ccc(SC2CCN3OC(=O)/C=C\C(=O)OC23)cc1. The van der Waals surface area contributed by atoms with Crippen LogP contribution >= 0.6 is 11.8 Å². The van der Waals surface area contributed by atoms with Gasteiger partial charge in [-0.05, 0) is 25.5 Å². The molecule has 6 heteroatoms. The molecule has 0 N–H and O–H groups in total. The molecule has 1 fully saturated rings. The predicted molar refractivity (Wildman–Crippen MR) is 77.3 cm³/mol. The average molecular weight is 305 g/mol. The first-order valence-electron chi connectivity index (χ1n) is 6.72. The highest BCUT2D eigenvalue weighted by atomic mass is 32.2. The summed E-state index contributed by atoms with van der Waals surface area (Å²) < 4.78 is 5.37. The molecule has 3 rings (SSSR count). The molecule has 2 aliphatic heterocycles. The van der Waals surface area contributed by atoms with E-state index in [1.807, 2.05) is 31.2 Å². The fourth-order valence-electron chi connectivity index (χ4n) is 2.29. The van der Waals surface area contributed by atoms with Gasteiger partial charge in [0.2, 0.25) is 0 Å². The summed E-state index contributed by atoms with van der Waals surface area (Å²) in [6.45, 7) is 2.59. The van der Waals surface area contributed by atoms with Gasteiger partial charge in [-0.15, -0.1) is 11.8 Å². The predicted octanol–water partition coefficient (Wildman–Crippen LogP) is 2.06. The molecule has 0 aliphatic carbocycles. The van der Waals surface area contributed by atoms with Gasteiger partial charge in [-0.3, -0.25) is 0 Å². The zero-order valence-corrected chi connectivity index (χ0v) is 12.3. The van der Waals surface area contributed by atoms with Crippen LogP contribution in [0.3, 0.4) is 0 Å². The number of hydrogen-bond donors (Lipinski definition) is 0. The normalized spacial score (nSPS) is 27.3. The van der Waals surface area contributed by atoms with E-state index in [0.717, 1.165) is 23.5 Å². The number of aryl methyl sites for hydroxylation is 1. The number of fused-ring (bicyclic) bond motifs is 1. The maximum absolute atomic E-state index is 11.6. The topological polar surface area (TPSA) is 55.8 Å². The lowest BCUT2D eigenvalue weighted by atomic mass is 10.2. The van der Waals surface area contributed by atoms with Gasteiger partial charge in [-0.2, -0.15) is 0 Å². The van der Waals surface area contributed by atoms with E-state index in [4.69, 9.17) is 9.57 Å². The van der Waals surface area contributed by atoms with E-state index in [1.165, 1.54) is 10.6 Å². The van der Waals surface area contributed by atoms with E-state index < -0.39 is 18.2 Å². The minimum atomic E-state index is -0.544. The van der Waals surface area contributed by atoms with Gasteiger partial charge in [0, 0.05) is 23.6 Å². The van der Waals surface area contributed by atoms with Crippen molar-refractivity contribution in [3.8, 4) is 0 Å². The van der Waals surface area contributed by atoms with Crippen LogP contribution in [0.15, 0.2) is 41.3 Å². The largest absolute Gasteiger partial charge is 0.439 e. The molecule has 0 radical (unpaired) electrons. The van der Waals surface area contributed by atoms with Crippen molar-refractivity contribution in [3.05, 3.63) is 42.0 Å². The Morgan fingerprint density at radius 3 is 2.62 bits per heavy atom. The fourth-order valence-corrected chi connectivity index (χ4v) is 3.46. The number of hydrogen-bond acceptors (Lipinski definition) is 6. The number of thioether (sulfide) groups is 1. The number of carbonyl (C=O) groups is 2. The molecule has 2 aliphatic rings. The van der Waals surface area contributed by atoms with Crippen LogP contribution in [0.1, 0.15) is 12.0 Å². The number of esters is 1. The zero-order valence-electron chi connectivity index (χ0n) is 11.5. The Labute approximate surface area is 126 Å². The van der Waals surface area contributed by atoms with Crippen molar-refractivity contribution in [2.75, 3.05) is 6.54 Å². The van der Waals surface area contributed by atoms with Gasteiger partial charge in [0.25, 0.3) is 0 Å². The first-order valence-corrected chi connectivity index (χ1v) is 7.60. The van der Waals surface area contributed by atoms with Crippen molar-refractivity contribution in [1.29, 1.82) is 0 Å². The second kappa shape index (κ2) is 5.91. The lowest BCUT2D eigenvalue weighted by Gasteiger charge is -2.26. The van der Waals surface area contributed by atoms with E-state index >= 15 is 0 Å². The molecule has 21 heavy (non-hydrogen) atoms. The molecule has 1 saturated heterocycles. The molecule has 0 amide bonds. The Bertz CT molecular complexity index is 584. The number of rotatable bonds is 2. The van der Waals surface area contributed by atoms with Crippen LogP contribution in [0.25, 0.3) is 0 Å². The number of hydroxylamine groups is 2. The van der Waals surface area contributed by atoms with E-state index in [-0.39, 0.29) is 5.25 Å². The van der Waals surface area contributed by atoms with Gasteiger partial charge in [0.1, 0.15) is 0 Å². The summed E-state index contributed by atoms with van der Waals surface area (Å²) in [6, 6.07) is 8.17. The molecule has 0 aromatic heterocycles. The Balaban J connectivity index is 1.75. The molecule has 0 spiro atoms. The lowest BCUT2D eigenvalue weighted by molar-refractivity contribution is -0.224. The second-order valence-electron chi connectivity index (χ2n) is 4.97. The quantitative estimate of drug-likeness (QED) is 0.780. The Morgan fingerprint density at radius 2 is 1.86 bits per heavy atom. The summed E-state index contributed by atoms with van der Waals surface area (Å²) >= 11 is 1.63. The Hall–Kier alpha value is -1.79. The van der Waals surface area contributed by atoms with Crippen LogP contribution in [-0.2, 0) is 19.2 Å². The molecule has 110 valence electrons. The standard InChI is InChI=1S/C15H15NO4S/c1-10-2-4-11(5-3-10)21-12-8-9-16-15(12)19-13(17)6-7-14(18)20-16/h2-7,12,15H,8-9H2,1H3/b7-6-. The molecular weight excluding hydrogens is 290 g/mol. The van der Waals surface area contributed by atoms with Gasteiger partial charge in [0.15, 0.2) is 6.23 Å². The summed E-state index contributed by atoms with van der Waals surface area (Å²) in [5.74, 6) is -1.06. The average Bonchev–Trinajstić information content (AvgIpc) is 2.80. The number of ether oxygens (including phenoxy) is 1. The summed E-state index contributed by atoms with van der Waals surface area (Å²) in [5, 5.41) is 1.49. The van der Waals surface area contributed by atoms with Crippen LogP contribution in [0.4, 0.5) is 0 Å². The highest BCUT2D eigenvalue weighted by molar-refractivity contribution is 8.00. The van der Waals surface area contributed by atoms with Crippen molar-refractivity contribution in [2.24, 2.45) is 0 Å². The van der Waals surface area contributed by atoms with E-state index in [2.05, 4.69) is 0 Å². The molecule has 0 saturated carbocycles.